The van der Waals surface area contributed by atoms with E-state index in [4.69, 9.17) is 4.98 Å². The molecule has 2 aliphatic rings. The lowest BCUT2D eigenvalue weighted by molar-refractivity contribution is 0.0658. The van der Waals surface area contributed by atoms with Crippen LogP contribution in [0.5, 0.6) is 0 Å². The Hall–Kier alpha value is -3.44. The largest absolute Gasteiger partial charge is 0.396 e. The zero-order valence-corrected chi connectivity index (χ0v) is 27.4. The second kappa shape index (κ2) is 12.9. The molecule has 0 unspecified atom stereocenters. The van der Waals surface area contributed by atoms with E-state index in [9.17, 15) is 18.9 Å². The van der Waals surface area contributed by atoms with Crippen LogP contribution in [-0.4, -0.2) is 104 Å². The van der Waals surface area contributed by atoms with Gasteiger partial charge >= 0.3 is 0 Å². The van der Waals surface area contributed by atoms with Crippen molar-refractivity contribution in [2.45, 2.75) is 44.5 Å². The first kappa shape index (κ1) is 32.0. The Kier molecular flexibility index (Phi) is 9.36. The summed E-state index contributed by atoms with van der Waals surface area (Å²) in [4.78, 5) is 37.1. The Balaban J connectivity index is 1.64. The summed E-state index contributed by atoms with van der Waals surface area (Å²) in [5.74, 6) is -0.182. The first-order valence-corrected chi connectivity index (χ1v) is 16.2. The van der Waals surface area contributed by atoms with Crippen LogP contribution in [-0.2, 0) is 17.5 Å². The number of amides is 2. The highest BCUT2D eigenvalue weighted by molar-refractivity contribution is 7.84. The van der Waals surface area contributed by atoms with Crippen LogP contribution in [0.25, 0.3) is 22.4 Å². The van der Waals surface area contributed by atoms with Gasteiger partial charge in [-0.3, -0.25) is 9.59 Å². The summed E-state index contributed by atoms with van der Waals surface area (Å²) in [6.07, 6.45) is 0.392. The number of benzene rings is 2. The quantitative estimate of drug-likeness (QED) is 0.427. The SMILES string of the molecule is CN1CCN(C(=O)c2cc3c(c(-c4cccc(-c5cccc(C(=O)N(C)C)c5)c4)n2)[C@H](CCO)N([S@@](=O)C(C)(C)C)C3)CC1. The van der Waals surface area contributed by atoms with Crippen molar-refractivity contribution in [3.8, 4) is 22.4 Å². The second-order valence-electron chi connectivity index (χ2n) is 12.9. The number of pyridine rings is 1. The molecular weight excluding hydrogens is 574 g/mol. The molecule has 0 radical (unpaired) electrons. The van der Waals surface area contributed by atoms with Gasteiger partial charge in [0.25, 0.3) is 11.8 Å². The number of aliphatic hydroxyl groups excluding tert-OH is 1. The highest BCUT2D eigenvalue weighted by Crippen LogP contribution is 2.44. The molecule has 3 heterocycles. The van der Waals surface area contributed by atoms with Gasteiger partial charge in [-0.1, -0.05) is 30.3 Å². The fourth-order valence-corrected chi connectivity index (χ4v) is 7.31. The minimum absolute atomic E-state index is 0.0728. The van der Waals surface area contributed by atoms with E-state index >= 15 is 0 Å². The lowest BCUT2D eigenvalue weighted by atomic mass is 9.93. The number of fused-ring (bicyclic) bond motifs is 1. The van der Waals surface area contributed by atoms with Crippen molar-refractivity contribution in [1.29, 1.82) is 0 Å². The number of aromatic nitrogens is 1. The number of hydrogen-bond acceptors (Lipinski definition) is 6. The highest BCUT2D eigenvalue weighted by atomic mass is 32.2. The first-order chi connectivity index (χ1) is 20.9. The van der Waals surface area contributed by atoms with Crippen molar-refractivity contribution in [3.63, 3.8) is 0 Å². The molecule has 44 heavy (non-hydrogen) atoms. The van der Waals surface area contributed by atoms with Crippen LogP contribution in [0.3, 0.4) is 0 Å². The van der Waals surface area contributed by atoms with Gasteiger partial charge in [-0.05, 0) is 75.2 Å². The normalized spacial score (nSPS) is 18.2. The third-order valence-corrected chi connectivity index (χ3v) is 10.1. The van der Waals surface area contributed by atoms with E-state index in [1.165, 1.54) is 0 Å². The maximum Gasteiger partial charge on any atom is 0.272 e. The molecule has 9 nitrogen and oxygen atoms in total. The molecule has 234 valence electrons. The Labute approximate surface area is 263 Å². The van der Waals surface area contributed by atoms with Crippen LogP contribution >= 0.6 is 0 Å². The van der Waals surface area contributed by atoms with Crippen molar-refractivity contribution in [2.24, 2.45) is 0 Å². The maximum atomic E-state index is 13.8. The molecule has 2 atom stereocenters. The standard InChI is InChI=1S/C34H43N5O4S/c1-34(2,3)44(43)39-22-27-21-28(33(42)38-16-14-37(6)15-17-38)35-31(30(27)29(39)13-18-40)25-11-7-9-23(19-25)24-10-8-12-26(20-24)32(41)36(4)5/h7-12,19-21,29,40H,13-18,22H2,1-6H3/t29-,44-/m0/s1. The smallest absolute Gasteiger partial charge is 0.272 e. The maximum absolute atomic E-state index is 13.8. The average Bonchev–Trinajstić information content (AvgIpc) is 3.37. The Morgan fingerprint density at radius 1 is 0.977 bits per heavy atom. The molecule has 2 aliphatic heterocycles. The number of piperazine rings is 1. The summed E-state index contributed by atoms with van der Waals surface area (Å²) < 4.78 is 15.2. The summed E-state index contributed by atoms with van der Waals surface area (Å²) in [6, 6.07) is 17.0. The minimum Gasteiger partial charge on any atom is -0.396 e. The number of nitrogens with zero attached hydrogens (tertiary/aromatic N) is 5. The predicted molar refractivity (Wildman–Crippen MR) is 174 cm³/mol. The molecular formula is C34H43N5O4S. The van der Waals surface area contributed by atoms with Gasteiger partial charge < -0.3 is 19.8 Å². The Morgan fingerprint density at radius 2 is 1.61 bits per heavy atom. The summed E-state index contributed by atoms with van der Waals surface area (Å²) in [5.41, 5.74) is 6.07. The molecule has 0 aliphatic carbocycles. The molecule has 1 saturated heterocycles. The minimum atomic E-state index is -1.35. The number of likely N-dealkylation sites (N-methyl/N-ethyl adjacent to an activating group) is 1. The second-order valence-corrected chi connectivity index (χ2v) is 15.0. The Morgan fingerprint density at radius 3 is 2.25 bits per heavy atom. The van der Waals surface area contributed by atoms with Crippen molar-refractivity contribution < 1.29 is 18.9 Å². The summed E-state index contributed by atoms with van der Waals surface area (Å²) in [6.45, 7) is 9.04. The monoisotopic (exact) mass is 617 g/mol. The molecule has 1 aromatic heterocycles. The number of aliphatic hydroxyl groups is 1. The molecule has 5 rings (SSSR count). The van der Waals surface area contributed by atoms with Gasteiger partial charge in [-0.25, -0.2) is 13.5 Å². The summed E-state index contributed by atoms with van der Waals surface area (Å²) in [7, 11) is 4.17. The lowest BCUT2D eigenvalue weighted by Crippen LogP contribution is -2.47. The molecule has 0 bridgehead atoms. The van der Waals surface area contributed by atoms with Crippen LogP contribution in [0.4, 0.5) is 0 Å². The van der Waals surface area contributed by atoms with Gasteiger partial charge in [-0.2, -0.15) is 0 Å². The number of hydrogen-bond donors (Lipinski definition) is 1. The zero-order chi connectivity index (χ0) is 31.8. The van der Waals surface area contributed by atoms with E-state index in [2.05, 4.69) is 11.9 Å². The van der Waals surface area contributed by atoms with Gasteiger partial charge in [0.1, 0.15) is 16.7 Å². The lowest BCUT2D eigenvalue weighted by Gasteiger charge is -2.32. The van der Waals surface area contributed by atoms with Crippen LogP contribution in [0.2, 0.25) is 0 Å². The summed E-state index contributed by atoms with van der Waals surface area (Å²) in [5, 5.41) is 10.1. The fourth-order valence-electron chi connectivity index (χ4n) is 5.91. The number of carbonyl (C=O) groups is 2. The van der Waals surface area contributed by atoms with Crippen LogP contribution in [0.15, 0.2) is 54.6 Å². The molecule has 1 N–H and O–H groups in total. The summed E-state index contributed by atoms with van der Waals surface area (Å²) >= 11 is 0. The topological polar surface area (TPSA) is 97.3 Å². The highest BCUT2D eigenvalue weighted by Gasteiger charge is 2.40. The number of rotatable bonds is 7. The van der Waals surface area contributed by atoms with E-state index in [1.807, 2.05) is 78.5 Å². The third kappa shape index (κ3) is 6.49. The van der Waals surface area contributed by atoms with Gasteiger partial charge in [-0.15, -0.1) is 0 Å². The molecule has 0 saturated carbocycles. The number of carbonyl (C=O) groups excluding carboxylic acids is 2. The van der Waals surface area contributed by atoms with Crippen LogP contribution in [0, 0.1) is 0 Å². The van der Waals surface area contributed by atoms with E-state index < -0.39 is 15.7 Å². The van der Waals surface area contributed by atoms with Crippen molar-refractivity contribution in [3.05, 3.63) is 77.0 Å². The van der Waals surface area contributed by atoms with E-state index in [1.54, 1.807) is 25.1 Å². The first-order valence-electron chi connectivity index (χ1n) is 15.1. The average molecular weight is 618 g/mol. The van der Waals surface area contributed by atoms with Crippen molar-refractivity contribution >= 4 is 22.8 Å². The van der Waals surface area contributed by atoms with Crippen molar-refractivity contribution in [1.82, 2.24) is 24.0 Å². The van der Waals surface area contributed by atoms with E-state index in [0.717, 1.165) is 40.9 Å². The van der Waals surface area contributed by atoms with Crippen molar-refractivity contribution in [2.75, 3.05) is 53.9 Å². The molecule has 0 spiro atoms. The molecule has 10 heteroatoms. The predicted octanol–water partition coefficient (Wildman–Crippen LogP) is 4.21. The van der Waals surface area contributed by atoms with Gasteiger partial charge in [0, 0.05) is 70.1 Å². The van der Waals surface area contributed by atoms with Gasteiger partial charge in [0.15, 0.2) is 0 Å². The van der Waals surface area contributed by atoms with Crippen LogP contribution in [0.1, 0.15) is 65.2 Å². The third-order valence-electron chi connectivity index (χ3n) is 8.29. The molecule has 3 aromatic rings. The van der Waals surface area contributed by atoms with Gasteiger partial charge in [0.05, 0.1) is 16.5 Å². The molecule has 2 aromatic carbocycles. The Bertz CT molecular complexity index is 1580. The molecule has 1 fully saturated rings. The molecule has 2 amide bonds. The van der Waals surface area contributed by atoms with E-state index in [0.29, 0.717) is 43.0 Å². The van der Waals surface area contributed by atoms with Gasteiger partial charge in [0.2, 0.25) is 0 Å². The fraction of sp³-hybridized carbons (Fsp3) is 0.441. The van der Waals surface area contributed by atoms with Crippen LogP contribution < -0.4 is 0 Å². The zero-order valence-electron chi connectivity index (χ0n) is 26.5. The van der Waals surface area contributed by atoms with E-state index in [-0.39, 0.29) is 24.5 Å².